The first-order valence-corrected chi connectivity index (χ1v) is 10.8. The van der Waals surface area contributed by atoms with E-state index in [-0.39, 0.29) is 22.0 Å². The Bertz CT molecular complexity index is 1460. The molecule has 0 spiro atoms. The predicted octanol–water partition coefficient (Wildman–Crippen LogP) is 5.79. The molecule has 6 nitrogen and oxygen atoms in total. The standard InChI is InChI=1S/C23H18F3N3O3S/c1-11(2)29-9-17(22(31)32)20(30)15-7-13(4-5-18(15)29)16-8-27-12(3)6-14(16)21-28-19(10-33-21)23(24,25)26/h4-11H,1-3H3,(H,31,32). The van der Waals surface area contributed by atoms with Crippen LogP contribution in [0.1, 0.15) is 41.6 Å². The summed E-state index contributed by atoms with van der Waals surface area (Å²) in [4.78, 5) is 32.6. The molecule has 0 unspecified atom stereocenters. The highest BCUT2D eigenvalue weighted by molar-refractivity contribution is 7.13. The number of hydrogen-bond donors (Lipinski definition) is 1. The fraction of sp³-hybridized carbons (Fsp3) is 0.217. The molecule has 3 heterocycles. The number of hydrogen-bond acceptors (Lipinski definition) is 5. The zero-order valence-corrected chi connectivity index (χ0v) is 18.6. The summed E-state index contributed by atoms with van der Waals surface area (Å²) in [5, 5.41) is 10.8. The summed E-state index contributed by atoms with van der Waals surface area (Å²) in [6.45, 7) is 5.45. The quantitative estimate of drug-likeness (QED) is 0.405. The number of aryl methyl sites for hydroxylation is 1. The molecule has 1 N–H and O–H groups in total. The molecule has 1 aromatic carbocycles. The van der Waals surface area contributed by atoms with Gasteiger partial charge in [0.15, 0.2) is 5.69 Å². The van der Waals surface area contributed by atoms with Crippen molar-refractivity contribution in [2.75, 3.05) is 0 Å². The minimum atomic E-state index is -4.56. The Morgan fingerprint density at radius 2 is 1.91 bits per heavy atom. The van der Waals surface area contributed by atoms with Gasteiger partial charge in [-0.2, -0.15) is 13.2 Å². The lowest BCUT2D eigenvalue weighted by Gasteiger charge is -2.17. The van der Waals surface area contributed by atoms with Crippen LogP contribution in [0.4, 0.5) is 13.2 Å². The van der Waals surface area contributed by atoms with Crippen molar-refractivity contribution in [2.45, 2.75) is 33.0 Å². The fourth-order valence-corrected chi connectivity index (χ4v) is 4.45. The molecule has 10 heteroatoms. The van der Waals surface area contributed by atoms with Gasteiger partial charge in [0.05, 0.1) is 5.52 Å². The van der Waals surface area contributed by atoms with Crippen LogP contribution in [0.25, 0.3) is 32.6 Å². The monoisotopic (exact) mass is 473 g/mol. The largest absolute Gasteiger partial charge is 0.477 e. The lowest BCUT2D eigenvalue weighted by molar-refractivity contribution is -0.140. The molecule has 170 valence electrons. The third-order valence-corrected chi connectivity index (χ3v) is 6.07. The summed E-state index contributed by atoms with van der Waals surface area (Å²) < 4.78 is 41.0. The molecule has 4 aromatic rings. The van der Waals surface area contributed by atoms with Gasteiger partial charge in [-0.15, -0.1) is 11.3 Å². The second-order valence-electron chi connectivity index (χ2n) is 7.82. The van der Waals surface area contributed by atoms with Crippen molar-refractivity contribution in [3.63, 3.8) is 0 Å². The van der Waals surface area contributed by atoms with Crippen LogP contribution in [0.2, 0.25) is 0 Å². The predicted molar refractivity (Wildman–Crippen MR) is 120 cm³/mol. The van der Waals surface area contributed by atoms with Crippen LogP contribution in [-0.4, -0.2) is 25.6 Å². The fourth-order valence-electron chi connectivity index (χ4n) is 3.60. The molecule has 0 aliphatic carbocycles. The van der Waals surface area contributed by atoms with E-state index in [4.69, 9.17) is 0 Å². The van der Waals surface area contributed by atoms with Crippen molar-refractivity contribution < 1.29 is 23.1 Å². The summed E-state index contributed by atoms with van der Waals surface area (Å²) in [6, 6.07) is 6.51. The van der Waals surface area contributed by atoms with Gasteiger partial charge in [-0.1, -0.05) is 6.07 Å². The first-order valence-electron chi connectivity index (χ1n) is 9.89. The van der Waals surface area contributed by atoms with E-state index in [1.165, 1.54) is 12.4 Å². The first-order chi connectivity index (χ1) is 15.5. The van der Waals surface area contributed by atoms with Crippen LogP contribution >= 0.6 is 11.3 Å². The number of carboxylic acid groups (broad SMARTS) is 1. The average Bonchev–Trinajstić information content (AvgIpc) is 3.24. The molecular formula is C23H18F3N3O3S. The van der Waals surface area contributed by atoms with Gasteiger partial charge >= 0.3 is 12.1 Å². The summed E-state index contributed by atoms with van der Waals surface area (Å²) >= 11 is 0.864. The molecule has 0 saturated carbocycles. The topological polar surface area (TPSA) is 85.1 Å². The van der Waals surface area contributed by atoms with Crippen molar-refractivity contribution in [1.82, 2.24) is 14.5 Å². The van der Waals surface area contributed by atoms with Gasteiger partial charge in [0.1, 0.15) is 10.6 Å². The van der Waals surface area contributed by atoms with E-state index >= 15 is 0 Å². The SMILES string of the molecule is Cc1cc(-c2nc(C(F)(F)F)cs2)c(-c2ccc3c(c2)c(=O)c(C(=O)O)cn3C(C)C)cn1. The molecule has 3 aromatic heterocycles. The van der Waals surface area contributed by atoms with E-state index in [0.29, 0.717) is 27.9 Å². The van der Waals surface area contributed by atoms with Crippen LogP contribution in [0.5, 0.6) is 0 Å². The molecule has 0 fully saturated rings. The third kappa shape index (κ3) is 4.13. The molecule has 0 atom stereocenters. The number of halogens is 3. The third-order valence-electron chi connectivity index (χ3n) is 5.20. The van der Waals surface area contributed by atoms with Crippen molar-refractivity contribution in [2.24, 2.45) is 0 Å². The van der Waals surface area contributed by atoms with Gasteiger partial charge in [0.2, 0.25) is 5.43 Å². The van der Waals surface area contributed by atoms with Crippen molar-refractivity contribution in [3.8, 4) is 21.7 Å². The van der Waals surface area contributed by atoms with Crippen LogP contribution in [0.3, 0.4) is 0 Å². The van der Waals surface area contributed by atoms with E-state index < -0.39 is 23.3 Å². The number of carboxylic acids is 1. The Morgan fingerprint density at radius 1 is 1.18 bits per heavy atom. The van der Waals surface area contributed by atoms with E-state index in [1.54, 1.807) is 35.8 Å². The van der Waals surface area contributed by atoms with E-state index in [2.05, 4.69) is 9.97 Å². The number of aromatic carboxylic acids is 1. The average molecular weight is 473 g/mol. The number of rotatable bonds is 4. The van der Waals surface area contributed by atoms with Gasteiger partial charge < -0.3 is 9.67 Å². The number of fused-ring (bicyclic) bond motifs is 1. The van der Waals surface area contributed by atoms with Crippen LogP contribution in [0.15, 0.2) is 46.8 Å². The van der Waals surface area contributed by atoms with Crippen molar-refractivity contribution >= 4 is 28.2 Å². The number of carbonyl (C=O) groups is 1. The molecule has 33 heavy (non-hydrogen) atoms. The molecule has 0 aliphatic heterocycles. The van der Waals surface area contributed by atoms with Crippen molar-refractivity contribution in [3.05, 3.63) is 69.2 Å². The minimum Gasteiger partial charge on any atom is -0.477 e. The Labute approximate surface area is 190 Å². The second kappa shape index (κ2) is 8.11. The maximum Gasteiger partial charge on any atom is 0.434 e. The minimum absolute atomic E-state index is 0.107. The van der Waals surface area contributed by atoms with Gasteiger partial charge in [0.25, 0.3) is 0 Å². The Morgan fingerprint density at radius 3 is 2.52 bits per heavy atom. The number of nitrogens with zero attached hydrogens (tertiary/aromatic N) is 3. The highest BCUT2D eigenvalue weighted by Gasteiger charge is 2.34. The lowest BCUT2D eigenvalue weighted by Crippen LogP contribution is -2.19. The van der Waals surface area contributed by atoms with E-state index in [1.807, 2.05) is 13.8 Å². The van der Waals surface area contributed by atoms with E-state index in [9.17, 15) is 27.9 Å². The molecular weight excluding hydrogens is 455 g/mol. The Balaban J connectivity index is 1.97. The molecule has 0 aliphatic rings. The summed E-state index contributed by atoms with van der Waals surface area (Å²) in [7, 11) is 0. The number of alkyl halides is 3. The Hall–Kier alpha value is -3.53. The molecule has 4 rings (SSSR count). The van der Waals surface area contributed by atoms with Gasteiger partial charge in [0, 0.05) is 46.0 Å². The maximum atomic E-state index is 13.1. The van der Waals surface area contributed by atoms with Crippen molar-refractivity contribution in [1.29, 1.82) is 0 Å². The molecule has 0 saturated heterocycles. The highest BCUT2D eigenvalue weighted by Crippen LogP contribution is 2.38. The molecule has 0 bridgehead atoms. The van der Waals surface area contributed by atoms with Gasteiger partial charge in [-0.25, -0.2) is 9.78 Å². The molecule has 0 radical (unpaired) electrons. The number of thiazole rings is 1. The number of pyridine rings is 2. The van der Waals surface area contributed by atoms with Gasteiger partial charge in [-0.05, 0) is 44.5 Å². The normalized spacial score (nSPS) is 12.0. The first kappa shape index (κ1) is 22.7. The summed E-state index contributed by atoms with van der Waals surface area (Å²) in [5.41, 5.74) is 0.628. The number of benzene rings is 1. The summed E-state index contributed by atoms with van der Waals surface area (Å²) in [6.07, 6.45) is -1.72. The number of aromatic nitrogens is 3. The zero-order valence-electron chi connectivity index (χ0n) is 17.8. The maximum absolute atomic E-state index is 13.1. The van der Waals surface area contributed by atoms with Gasteiger partial charge in [-0.3, -0.25) is 9.78 Å². The van der Waals surface area contributed by atoms with Crippen LogP contribution < -0.4 is 5.43 Å². The highest BCUT2D eigenvalue weighted by atomic mass is 32.1. The second-order valence-corrected chi connectivity index (χ2v) is 8.68. The zero-order chi connectivity index (χ0) is 24.1. The van der Waals surface area contributed by atoms with Crippen LogP contribution in [-0.2, 0) is 6.18 Å². The molecule has 0 amide bonds. The smallest absolute Gasteiger partial charge is 0.434 e. The van der Waals surface area contributed by atoms with E-state index in [0.717, 1.165) is 16.7 Å². The lowest BCUT2D eigenvalue weighted by atomic mass is 9.98. The summed E-state index contributed by atoms with van der Waals surface area (Å²) in [5.74, 6) is -1.33. The Kier molecular flexibility index (Phi) is 5.57. The van der Waals surface area contributed by atoms with Crippen LogP contribution in [0, 0.1) is 6.92 Å².